The van der Waals surface area contributed by atoms with Crippen molar-refractivity contribution in [2.45, 2.75) is 37.8 Å². The zero-order chi connectivity index (χ0) is 15.1. The van der Waals surface area contributed by atoms with E-state index in [1.54, 1.807) is 7.11 Å². The highest BCUT2D eigenvalue weighted by Gasteiger charge is 2.38. The summed E-state index contributed by atoms with van der Waals surface area (Å²) in [5.41, 5.74) is 7.08. The largest absolute Gasteiger partial charge is 0.378 e. The Hall–Kier alpha value is -1.83. The van der Waals surface area contributed by atoms with E-state index in [9.17, 15) is 4.79 Å². The van der Waals surface area contributed by atoms with Crippen molar-refractivity contribution in [3.63, 3.8) is 0 Å². The molecule has 21 heavy (non-hydrogen) atoms. The monoisotopic (exact) mass is 286 g/mol. The van der Waals surface area contributed by atoms with E-state index in [1.807, 2.05) is 24.3 Å². The lowest BCUT2D eigenvalue weighted by molar-refractivity contribution is -0.134. The van der Waals surface area contributed by atoms with Crippen LogP contribution in [0, 0.1) is 11.8 Å². The number of ether oxygens (including phenoxy) is 1. The van der Waals surface area contributed by atoms with Crippen molar-refractivity contribution in [2.75, 3.05) is 13.7 Å². The average molecular weight is 286 g/mol. The van der Waals surface area contributed by atoms with Gasteiger partial charge in [0.25, 0.3) is 0 Å². The van der Waals surface area contributed by atoms with Crippen molar-refractivity contribution in [3.8, 4) is 11.8 Å². The lowest BCUT2D eigenvalue weighted by Gasteiger charge is -2.39. The van der Waals surface area contributed by atoms with E-state index in [2.05, 4.69) is 17.2 Å². The van der Waals surface area contributed by atoms with Crippen LogP contribution in [0.1, 0.15) is 36.8 Å². The second kappa shape index (κ2) is 7.26. The summed E-state index contributed by atoms with van der Waals surface area (Å²) in [6.45, 7) is 0.811. The molecule has 0 unspecified atom stereocenters. The maximum absolute atomic E-state index is 12.1. The predicted octanol–water partition coefficient (Wildman–Crippen LogP) is 1.57. The fraction of sp³-hybridized carbons (Fsp3) is 0.471. The van der Waals surface area contributed by atoms with Crippen LogP contribution in [-0.2, 0) is 16.1 Å². The number of carbonyl (C=O) groups is 1. The Balaban J connectivity index is 1.92. The van der Waals surface area contributed by atoms with E-state index in [-0.39, 0.29) is 11.5 Å². The summed E-state index contributed by atoms with van der Waals surface area (Å²) in [7, 11) is 1.68. The normalized spacial score (nSPS) is 15.5. The van der Waals surface area contributed by atoms with Crippen LogP contribution in [0.4, 0.5) is 0 Å². The summed E-state index contributed by atoms with van der Waals surface area (Å²) in [5.74, 6) is 5.90. The Morgan fingerprint density at radius 2 is 2.19 bits per heavy atom. The molecule has 1 fully saturated rings. The number of hydrogen-bond acceptors (Lipinski definition) is 3. The molecule has 1 aliphatic carbocycles. The third kappa shape index (κ3) is 4.07. The standard InChI is InChI=1S/C17H22N2O2/c1-21-17(9-5-10-17)12-16(20)19-13-15-7-3-2-6-14(15)8-4-11-18/h2-3,6-7H,5,9-13,18H2,1H3,(H,19,20). The fourth-order valence-electron chi connectivity index (χ4n) is 2.52. The minimum atomic E-state index is -0.233. The molecule has 0 radical (unpaired) electrons. The zero-order valence-corrected chi connectivity index (χ0v) is 12.4. The minimum Gasteiger partial charge on any atom is -0.378 e. The number of nitrogens with two attached hydrogens (primary N) is 1. The smallest absolute Gasteiger partial charge is 0.223 e. The van der Waals surface area contributed by atoms with Gasteiger partial charge in [-0.15, -0.1) is 0 Å². The van der Waals surface area contributed by atoms with Gasteiger partial charge in [0.2, 0.25) is 5.91 Å². The van der Waals surface area contributed by atoms with Gasteiger partial charge in [0, 0.05) is 19.2 Å². The summed E-state index contributed by atoms with van der Waals surface area (Å²) >= 11 is 0. The number of amides is 1. The Morgan fingerprint density at radius 3 is 2.81 bits per heavy atom. The van der Waals surface area contributed by atoms with Crippen LogP contribution < -0.4 is 11.1 Å². The Kier molecular flexibility index (Phi) is 5.38. The first-order valence-electron chi connectivity index (χ1n) is 7.28. The van der Waals surface area contributed by atoms with Crippen molar-refractivity contribution < 1.29 is 9.53 Å². The molecule has 0 atom stereocenters. The van der Waals surface area contributed by atoms with Crippen molar-refractivity contribution in [2.24, 2.45) is 5.73 Å². The second-order valence-electron chi connectivity index (χ2n) is 5.36. The number of carbonyl (C=O) groups excluding carboxylic acids is 1. The van der Waals surface area contributed by atoms with Gasteiger partial charge in [-0.2, -0.15) is 0 Å². The molecule has 1 aromatic rings. The molecular formula is C17H22N2O2. The molecular weight excluding hydrogens is 264 g/mol. The summed E-state index contributed by atoms with van der Waals surface area (Å²) in [4.78, 5) is 12.1. The van der Waals surface area contributed by atoms with Gasteiger partial charge in [-0.25, -0.2) is 0 Å². The molecule has 0 aliphatic heterocycles. The maximum Gasteiger partial charge on any atom is 0.223 e. The predicted molar refractivity (Wildman–Crippen MR) is 82.4 cm³/mol. The van der Waals surface area contributed by atoms with Gasteiger partial charge < -0.3 is 15.8 Å². The molecule has 0 saturated heterocycles. The van der Waals surface area contributed by atoms with E-state index >= 15 is 0 Å². The Bertz CT molecular complexity index is 548. The van der Waals surface area contributed by atoms with Gasteiger partial charge in [-0.05, 0) is 30.9 Å². The Labute approximate surface area is 126 Å². The van der Waals surface area contributed by atoms with Crippen LogP contribution in [0.25, 0.3) is 0 Å². The lowest BCUT2D eigenvalue weighted by Crippen LogP contribution is -2.43. The van der Waals surface area contributed by atoms with Gasteiger partial charge >= 0.3 is 0 Å². The summed E-state index contributed by atoms with van der Waals surface area (Å²) in [6.07, 6.45) is 3.50. The maximum atomic E-state index is 12.1. The second-order valence-corrected chi connectivity index (χ2v) is 5.36. The molecule has 4 nitrogen and oxygen atoms in total. The van der Waals surface area contributed by atoms with Crippen LogP contribution in [-0.4, -0.2) is 25.2 Å². The van der Waals surface area contributed by atoms with Crippen LogP contribution >= 0.6 is 0 Å². The number of hydrogen-bond donors (Lipinski definition) is 2. The van der Waals surface area contributed by atoms with Gasteiger partial charge in [0.15, 0.2) is 0 Å². The summed E-state index contributed by atoms with van der Waals surface area (Å²) in [5, 5.41) is 2.96. The van der Waals surface area contributed by atoms with E-state index in [1.165, 1.54) is 0 Å². The van der Waals surface area contributed by atoms with Gasteiger partial charge in [-0.3, -0.25) is 4.79 Å². The topological polar surface area (TPSA) is 64.3 Å². The molecule has 1 aliphatic rings. The van der Waals surface area contributed by atoms with Crippen molar-refractivity contribution in [1.82, 2.24) is 5.32 Å². The highest BCUT2D eigenvalue weighted by atomic mass is 16.5. The molecule has 3 N–H and O–H groups in total. The van der Waals surface area contributed by atoms with Crippen LogP contribution in [0.15, 0.2) is 24.3 Å². The van der Waals surface area contributed by atoms with E-state index in [4.69, 9.17) is 10.5 Å². The third-order valence-corrected chi connectivity index (χ3v) is 4.00. The molecule has 2 rings (SSSR count). The number of benzene rings is 1. The average Bonchev–Trinajstić information content (AvgIpc) is 2.47. The van der Waals surface area contributed by atoms with Gasteiger partial charge in [-0.1, -0.05) is 30.0 Å². The molecule has 1 aromatic carbocycles. The highest BCUT2D eigenvalue weighted by Crippen LogP contribution is 2.37. The molecule has 0 heterocycles. The molecule has 1 saturated carbocycles. The van der Waals surface area contributed by atoms with E-state index < -0.39 is 0 Å². The Morgan fingerprint density at radius 1 is 1.43 bits per heavy atom. The fourth-order valence-corrected chi connectivity index (χ4v) is 2.52. The molecule has 0 aromatic heterocycles. The van der Waals surface area contributed by atoms with Crippen molar-refractivity contribution >= 4 is 5.91 Å². The van der Waals surface area contributed by atoms with Crippen LogP contribution in [0.3, 0.4) is 0 Å². The molecule has 0 spiro atoms. The highest BCUT2D eigenvalue weighted by molar-refractivity contribution is 5.77. The number of nitrogens with one attached hydrogen (secondary N) is 1. The number of rotatable bonds is 5. The lowest BCUT2D eigenvalue weighted by atomic mass is 9.77. The van der Waals surface area contributed by atoms with Crippen molar-refractivity contribution in [1.29, 1.82) is 0 Å². The quantitative estimate of drug-likeness (QED) is 0.808. The SMILES string of the molecule is COC1(CC(=O)NCc2ccccc2C#CCN)CCC1. The van der Waals surface area contributed by atoms with Gasteiger partial charge in [0.1, 0.15) is 0 Å². The molecule has 112 valence electrons. The first kappa shape index (κ1) is 15.6. The molecule has 0 bridgehead atoms. The van der Waals surface area contributed by atoms with Crippen LogP contribution in [0.5, 0.6) is 0 Å². The van der Waals surface area contributed by atoms with Gasteiger partial charge in [0.05, 0.1) is 18.6 Å². The first-order chi connectivity index (χ1) is 10.2. The summed E-state index contributed by atoms with van der Waals surface area (Å²) < 4.78 is 5.48. The first-order valence-corrected chi connectivity index (χ1v) is 7.28. The van der Waals surface area contributed by atoms with Crippen LogP contribution in [0.2, 0.25) is 0 Å². The molecule has 4 heteroatoms. The minimum absolute atomic E-state index is 0.0261. The summed E-state index contributed by atoms with van der Waals surface area (Å²) in [6, 6.07) is 7.78. The van der Waals surface area contributed by atoms with E-state index in [0.29, 0.717) is 19.5 Å². The number of methoxy groups -OCH3 is 1. The third-order valence-electron chi connectivity index (χ3n) is 4.00. The van der Waals surface area contributed by atoms with Crippen molar-refractivity contribution in [3.05, 3.63) is 35.4 Å². The zero-order valence-electron chi connectivity index (χ0n) is 12.4. The van der Waals surface area contributed by atoms with E-state index in [0.717, 1.165) is 30.4 Å². The molecule has 1 amide bonds.